The SMILES string of the molecule is O=C(Nc1ccc(S(=O)(=O)N2CCCCC2)cc1)N1c2ccccc2Sc2ccccc21. The van der Waals surface area contributed by atoms with Gasteiger partial charge in [0.2, 0.25) is 10.0 Å². The van der Waals surface area contributed by atoms with E-state index in [4.69, 9.17) is 0 Å². The third-order valence-electron chi connectivity index (χ3n) is 5.69. The van der Waals surface area contributed by atoms with Crippen molar-refractivity contribution in [3.63, 3.8) is 0 Å². The molecule has 164 valence electrons. The molecule has 5 rings (SSSR count). The fraction of sp³-hybridized carbons (Fsp3) is 0.208. The first kappa shape index (κ1) is 21.1. The van der Waals surface area contributed by atoms with Gasteiger partial charge in [0.25, 0.3) is 0 Å². The predicted octanol–water partition coefficient (Wildman–Crippen LogP) is 5.70. The van der Waals surface area contributed by atoms with E-state index in [0.29, 0.717) is 18.8 Å². The molecule has 0 unspecified atom stereocenters. The number of sulfonamides is 1. The highest BCUT2D eigenvalue weighted by molar-refractivity contribution is 7.99. The smallest absolute Gasteiger partial charge is 0.307 e. The zero-order valence-corrected chi connectivity index (χ0v) is 19.0. The Hall–Kier alpha value is -2.81. The molecule has 2 aliphatic rings. The highest BCUT2D eigenvalue weighted by Gasteiger charge is 2.29. The quantitative estimate of drug-likeness (QED) is 0.539. The Morgan fingerprint density at radius 1 is 0.781 bits per heavy atom. The molecular formula is C24H23N3O3S2. The fourth-order valence-electron chi connectivity index (χ4n) is 4.07. The van der Waals surface area contributed by atoms with Crippen LogP contribution in [0.3, 0.4) is 0 Å². The van der Waals surface area contributed by atoms with Crippen molar-refractivity contribution < 1.29 is 13.2 Å². The molecule has 2 amide bonds. The Kier molecular flexibility index (Phi) is 5.67. The molecule has 0 atom stereocenters. The van der Waals surface area contributed by atoms with E-state index in [2.05, 4.69) is 5.32 Å². The molecule has 1 N–H and O–H groups in total. The molecule has 0 radical (unpaired) electrons. The zero-order valence-electron chi connectivity index (χ0n) is 17.4. The molecule has 2 heterocycles. The molecule has 0 bridgehead atoms. The second-order valence-electron chi connectivity index (χ2n) is 7.79. The Labute approximate surface area is 192 Å². The number of benzene rings is 3. The number of anilines is 3. The molecule has 0 spiro atoms. The Balaban J connectivity index is 1.39. The molecule has 1 saturated heterocycles. The number of hydrogen-bond acceptors (Lipinski definition) is 4. The summed E-state index contributed by atoms with van der Waals surface area (Å²) in [5.74, 6) is 0. The van der Waals surface area contributed by atoms with E-state index in [9.17, 15) is 13.2 Å². The van der Waals surface area contributed by atoms with Gasteiger partial charge >= 0.3 is 6.03 Å². The van der Waals surface area contributed by atoms with Crippen LogP contribution in [0.2, 0.25) is 0 Å². The van der Waals surface area contributed by atoms with Crippen molar-refractivity contribution in [2.45, 2.75) is 33.9 Å². The van der Waals surface area contributed by atoms with Crippen LogP contribution in [0.15, 0.2) is 87.5 Å². The Bertz CT molecular complexity index is 1210. The number of carbonyl (C=O) groups is 1. The summed E-state index contributed by atoms with van der Waals surface area (Å²) in [7, 11) is -3.50. The van der Waals surface area contributed by atoms with E-state index in [-0.39, 0.29) is 10.9 Å². The largest absolute Gasteiger partial charge is 0.331 e. The molecule has 32 heavy (non-hydrogen) atoms. The van der Waals surface area contributed by atoms with E-state index in [1.165, 1.54) is 0 Å². The lowest BCUT2D eigenvalue weighted by Crippen LogP contribution is -2.35. The van der Waals surface area contributed by atoms with Gasteiger partial charge in [-0.2, -0.15) is 4.31 Å². The molecule has 0 saturated carbocycles. The monoisotopic (exact) mass is 465 g/mol. The van der Waals surface area contributed by atoms with E-state index in [1.54, 1.807) is 45.2 Å². The van der Waals surface area contributed by atoms with Crippen LogP contribution in [0.25, 0.3) is 0 Å². The average Bonchev–Trinajstić information content (AvgIpc) is 2.83. The lowest BCUT2D eigenvalue weighted by molar-refractivity contribution is 0.259. The van der Waals surface area contributed by atoms with Crippen LogP contribution < -0.4 is 10.2 Å². The highest BCUT2D eigenvalue weighted by Crippen LogP contribution is 2.48. The van der Waals surface area contributed by atoms with E-state index in [1.807, 2.05) is 48.5 Å². The lowest BCUT2D eigenvalue weighted by atomic mass is 10.2. The van der Waals surface area contributed by atoms with Crippen molar-refractivity contribution in [3.8, 4) is 0 Å². The number of carbonyl (C=O) groups excluding carboxylic acids is 1. The van der Waals surface area contributed by atoms with Crippen LogP contribution in [-0.2, 0) is 10.0 Å². The summed E-state index contributed by atoms with van der Waals surface area (Å²) in [5, 5.41) is 2.92. The molecule has 0 aromatic heterocycles. The number of nitrogens with one attached hydrogen (secondary N) is 1. The van der Waals surface area contributed by atoms with Crippen LogP contribution in [0.1, 0.15) is 19.3 Å². The number of para-hydroxylation sites is 2. The minimum atomic E-state index is -3.50. The van der Waals surface area contributed by atoms with Crippen molar-refractivity contribution >= 4 is 44.9 Å². The first-order valence-corrected chi connectivity index (χ1v) is 12.9. The summed E-state index contributed by atoms with van der Waals surface area (Å²) in [6.07, 6.45) is 2.85. The molecule has 6 nitrogen and oxygen atoms in total. The van der Waals surface area contributed by atoms with E-state index >= 15 is 0 Å². The van der Waals surface area contributed by atoms with Crippen LogP contribution >= 0.6 is 11.8 Å². The van der Waals surface area contributed by atoms with Crippen LogP contribution in [0, 0.1) is 0 Å². The topological polar surface area (TPSA) is 69.7 Å². The van der Waals surface area contributed by atoms with Gasteiger partial charge in [0.05, 0.1) is 16.3 Å². The van der Waals surface area contributed by atoms with Crippen LogP contribution in [0.5, 0.6) is 0 Å². The lowest BCUT2D eigenvalue weighted by Gasteiger charge is -2.31. The Morgan fingerprint density at radius 2 is 1.34 bits per heavy atom. The number of nitrogens with zero attached hydrogens (tertiary/aromatic N) is 2. The maximum absolute atomic E-state index is 13.3. The van der Waals surface area contributed by atoms with Crippen molar-refractivity contribution in [1.29, 1.82) is 0 Å². The fourth-order valence-corrected chi connectivity index (χ4v) is 6.64. The van der Waals surface area contributed by atoms with Gasteiger partial charge in [-0.1, -0.05) is 42.4 Å². The number of rotatable bonds is 3. The third-order valence-corrected chi connectivity index (χ3v) is 8.74. The number of fused-ring (bicyclic) bond motifs is 2. The summed E-state index contributed by atoms with van der Waals surface area (Å²) in [4.78, 5) is 17.2. The number of amides is 2. The Morgan fingerprint density at radius 3 is 1.94 bits per heavy atom. The maximum atomic E-state index is 13.3. The summed E-state index contributed by atoms with van der Waals surface area (Å²) >= 11 is 1.64. The molecule has 3 aromatic rings. The maximum Gasteiger partial charge on any atom is 0.331 e. The van der Waals surface area contributed by atoms with Gasteiger partial charge in [0.15, 0.2) is 0 Å². The summed E-state index contributed by atoms with van der Waals surface area (Å²) in [6, 6.07) is 21.7. The molecule has 8 heteroatoms. The van der Waals surface area contributed by atoms with Crippen molar-refractivity contribution in [1.82, 2.24) is 4.31 Å². The predicted molar refractivity (Wildman–Crippen MR) is 127 cm³/mol. The number of piperidine rings is 1. The van der Waals surface area contributed by atoms with Crippen molar-refractivity contribution in [3.05, 3.63) is 72.8 Å². The van der Waals surface area contributed by atoms with Gasteiger partial charge in [-0.05, 0) is 61.4 Å². The average molecular weight is 466 g/mol. The second-order valence-corrected chi connectivity index (χ2v) is 10.8. The molecular weight excluding hydrogens is 442 g/mol. The molecule has 0 aliphatic carbocycles. The molecule has 2 aliphatic heterocycles. The molecule has 1 fully saturated rings. The number of urea groups is 1. The van der Waals surface area contributed by atoms with Gasteiger partial charge < -0.3 is 5.32 Å². The minimum Gasteiger partial charge on any atom is -0.307 e. The first-order chi connectivity index (χ1) is 15.5. The first-order valence-electron chi connectivity index (χ1n) is 10.6. The van der Waals surface area contributed by atoms with Crippen LogP contribution in [-0.4, -0.2) is 31.8 Å². The normalized spacial score (nSPS) is 16.2. The van der Waals surface area contributed by atoms with E-state index in [0.717, 1.165) is 40.4 Å². The summed E-state index contributed by atoms with van der Waals surface area (Å²) in [6.45, 7) is 1.12. The van der Waals surface area contributed by atoms with Gasteiger partial charge in [0, 0.05) is 28.6 Å². The van der Waals surface area contributed by atoms with Crippen molar-refractivity contribution in [2.24, 2.45) is 0 Å². The number of hydrogen-bond donors (Lipinski definition) is 1. The zero-order chi connectivity index (χ0) is 22.1. The highest BCUT2D eigenvalue weighted by atomic mass is 32.2. The molecule has 3 aromatic carbocycles. The van der Waals surface area contributed by atoms with Gasteiger partial charge in [-0.15, -0.1) is 0 Å². The summed E-state index contributed by atoms with van der Waals surface area (Å²) in [5.41, 5.74) is 2.18. The van der Waals surface area contributed by atoms with Crippen LogP contribution in [0.4, 0.5) is 21.9 Å². The summed E-state index contributed by atoms with van der Waals surface area (Å²) < 4.78 is 27.3. The van der Waals surface area contributed by atoms with Gasteiger partial charge in [0.1, 0.15) is 0 Å². The van der Waals surface area contributed by atoms with E-state index < -0.39 is 10.0 Å². The second kappa shape index (κ2) is 8.61. The standard InChI is InChI=1S/C24H23N3O3S2/c28-24(27-20-8-2-4-10-22(20)31-23-11-5-3-9-21(23)27)25-18-12-14-19(15-13-18)32(29,30)26-16-6-1-7-17-26/h2-5,8-15H,1,6-7,16-17H2,(H,25,28). The van der Waals surface area contributed by atoms with Gasteiger partial charge in [-0.3, -0.25) is 4.90 Å². The van der Waals surface area contributed by atoms with Crippen molar-refractivity contribution in [2.75, 3.05) is 23.3 Å². The third kappa shape index (κ3) is 3.90. The van der Waals surface area contributed by atoms with Gasteiger partial charge in [-0.25, -0.2) is 13.2 Å². The minimum absolute atomic E-state index is 0.252.